The minimum atomic E-state index is -5.17. The van der Waals surface area contributed by atoms with Crippen LogP contribution in [-0.4, -0.2) is 57.0 Å². The summed E-state index contributed by atoms with van der Waals surface area (Å²) < 4.78 is 50.8. The topological polar surface area (TPSA) is 159 Å². The van der Waals surface area contributed by atoms with Crippen LogP contribution in [0.4, 0.5) is 5.69 Å². The lowest BCUT2D eigenvalue weighted by Crippen LogP contribution is -2.36. The van der Waals surface area contributed by atoms with Gasteiger partial charge in [-0.2, -0.15) is 0 Å². The molecule has 0 spiro atoms. The van der Waals surface area contributed by atoms with Crippen molar-refractivity contribution >= 4 is 16.1 Å². The number of benzene rings is 1. The fraction of sp³-hybridized carbons (Fsp3) is 0.600. The Bertz CT molecular complexity index is 638. The maximum Gasteiger partial charge on any atom is 0.212 e. The van der Waals surface area contributed by atoms with Crippen LogP contribution in [0.2, 0.25) is 0 Å². The van der Waals surface area contributed by atoms with E-state index in [9.17, 15) is 0 Å². The first-order chi connectivity index (χ1) is 12.2. The molecule has 0 bridgehead atoms. The highest BCUT2D eigenvalue weighted by Crippen LogP contribution is 2.33. The van der Waals surface area contributed by atoms with Crippen molar-refractivity contribution in [3.63, 3.8) is 0 Å². The van der Waals surface area contributed by atoms with E-state index in [0.717, 1.165) is 49.9 Å². The smallest absolute Gasteiger partial charge is 0.212 e. The summed E-state index contributed by atoms with van der Waals surface area (Å²) in [7, 11) is -3.48. The molecule has 1 atom stereocenters. The first-order valence-electron chi connectivity index (χ1n) is 7.81. The van der Waals surface area contributed by atoms with Gasteiger partial charge in [0.05, 0.1) is 37.5 Å². The fourth-order valence-corrected chi connectivity index (χ4v) is 2.08. The van der Waals surface area contributed by atoms with Gasteiger partial charge in [0.2, 0.25) is 5.39 Å². The molecule has 0 aromatic heterocycles. The summed E-state index contributed by atoms with van der Waals surface area (Å²) in [6, 6.07) is 5.99. The van der Waals surface area contributed by atoms with Crippen LogP contribution in [0.15, 0.2) is 18.2 Å². The molecule has 148 valence electrons. The predicted octanol–water partition coefficient (Wildman–Crippen LogP) is -0.350. The number of rotatable bonds is 5. The summed E-state index contributed by atoms with van der Waals surface area (Å²) >= 11 is 0. The van der Waals surface area contributed by atoms with Gasteiger partial charge in [-0.05, 0) is 25.5 Å². The van der Waals surface area contributed by atoms with E-state index in [0.29, 0.717) is 0 Å². The van der Waals surface area contributed by atoms with Crippen LogP contribution in [0, 0.1) is 5.39 Å². The molecule has 1 unspecified atom stereocenters. The number of hydrogen-bond donors (Lipinski definition) is 1. The minimum Gasteiger partial charge on any atom is -0.759 e. The molecule has 1 fully saturated rings. The Hall–Kier alpha value is -2.13. The van der Waals surface area contributed by atoms with E-state index in [-0.39, 0.29) is 6.10 Å². The van der Waals surface area contributed by atoms with Crippen molar-refractivity contribution in [1.29, 1.82) is 5.39 Å². The lowest BCUT2D eigenvalue weighted by atomic mass is 10.2. The minimum absolute atomic E-state index is 0.216. The van der Waals surface area contributed by atoms with Gasteiger partial charge in [0.1, 0.15) is 11.5 Å². The van der Waals surface area contributed by atoms with Gasteiger partial charge < -0.3 is 28.2 Å². The summed E-state index contributed by atoms with van der Waals surface area (Å²) in [5, 5.41) is 11.0. The van der Waals surface area contributed by atoms with Gasteiger partial charge >= 0.3 is 0 Å². The summed E-state index contributed by atoms with van der Waals surface area (Å²) in [6.07, 6.45) is 1.21. The molecule has 1 aliphatic heterocycles. The zero-order valence-corrected chi connectivity index (χ0v) is 15.8. The number of anilines is 1. The molecular weight excluding hydrogens is 366 g/mol. The summed E-state index contributed by atoms with van der Waals surface area (Å²) in [5.41, 5.74) is 1.10. The third-order valence-corrected chi connectivity index (χ3v) is 3.42. The molecule has 1 aliphatic rings. The highest BCUT2D eigenvalue weighted by Gasteiger charge is 2.17. The third-order valence-electron chi connectivity index (χ3n) is 3.42. The summed E-state index contributed by atoms with van der Waals surface area (Å²) in [4.78, 5) is 2.30. The zero-order valence-electron chi connectivity index (χ0n) is 15.0. The Labute approximate surface area is 153 Å². The van der Waals surface area contributed by atoms with Crippen molar-refractivity contribution in [3.05, 3.63) is 18.2 Å². The SMILES string of the molecule is CCC(C)Oc1ccc(OC)cc1N1CCOCC1.N#[NH+].O=S(=O)([O-])[O-]. The maximum atomic E-state index is 8.52. The number of diazo groups is 1. The molecule has 26 heavy (non-hydrogen) atoms. The van der Waals surface area contributed by atoms with Gasteiger partial charge in [0, 0.05) is 29.6 Å². The highest BCUT2D eigenvalue weighted by molar-refractivity contribution is 7.79. The van der Waals surface area contributed by atoms with Gasteiger partial charge in [0.25, 0.3) is 0 Å². The van der Waals surface area contributed by atoms with Crippen molar-refractivity contribution in [2.45, 2.75) is 26.4 Å². The molecule has 1 N–H and O–H groups in total. The van der Waals surface area contributed by atoms with Gasteiger partial charge in [-0.15, -0.1) is 0 Å². The molecule has 1 heterocycles. The van der Waals surface area contributed by atoms with Gasteiger partial charge in [-0.3, -0.25) is 8.42 Å². The van der Waals surface area contributed by atoms with Crippen LogP contribution in [-0.2, 0) is 15.1 Å². The molecule has 0 amide bonds. The number of ether oxygens (including phenoxy) is 3. The van der Waals surface area contributed by atoms with Crippen molar-refractivity contribution in [1.82, 2.24) is 0 Å². The first kappa shape index (κ1) is 23.9. The molecular formula is C15H24N3O7S-. The van der Waals surface area contributed by atoms with Crippen LogP contribution in [0.5, 0.6) is 11.5 Å². The predicted molar refractivity (Wildman–Crippen MR) is 89.6 cm³/mol. The van der Waals surface area contributed by atoms with Crippen molar-refractivity contribution < 1.29 is 37.1 Å². The normalized spacial score (nSPS) is 14.8. The molecule has 11 heteroatoms. The zero-order chi connectivity index (χ0) is 20.2. The average Bonchev–Trinajstić information content (AvgIpc) is 2.63. The largest absolute Gasteiger partial charge is 0.759 e. The van der Waals surface area contributed by atoms with Crippen LogP contribution >= 0.6 is 0 Å². The molecule has 0 saturated carbocycles. The second-order valence-corrected chi connectivity index (χ2v) is 5.99. The van der Waals surface area contributed by atoms with E-state index >= 15 is 0 Å². The van der Waals surface area contributed by atoms with Gasteiger partial charge in [-0.25, -0.2) is 0 Å². The molecule has 10 nitrogen and oxygen atoms in total. The standard InChI is InChI=1S/C15H23NO3.N2.H2O4S/c1-4-12(2)19-15-6-5-13(17-3)11-14(15)16-7-9-18-10-8-16;1-2;1-5(2,3)4/h5-6,11-12H,4,7-10H2,1-3H3;;(H2,1,2,3,4)/p-1. The Balaban J connectivity index is 0.000000772. The van der Waals surface area contributed by atoms with E-state index < -0.39 is 10.4 Å². The van der Waals surface area contributed by atoms with E-state index in [1.807, 2.05) is 18.2 Å². The molecule has 1 aromatic carbocycles. The Morgan fingerprint density at radius 3 is 2.31 bits per heavy atom. The number of methoxy groups -OCH3 is 1. The van der Waals surface area contributed by atoms with Crippen molar-refractivity contribution in [2.75, 3.05) is 38.3 Å². The fourth-order valence-electron chi connectivity index (χ4n) is 2.08. The van der Waals surface area contributed by atoms with E-state index in [1.54, 1.807) is 7.11 Å². The van der Waals surface area contributed by atoms with Gasteiger partial charge in [-0.1, -0.05) is 6.92 Å². The van der Waals surface area contributed by atoms with Crippen molar-refractivity contribution in [3.8, 4) is 11.5 Å². The Morgan fingerprint density at radius 1 is 1.31 bits per heavy atom. The lowest BCUT2D eigenvalue weighted by Gasteiger charge is -2.31. The van der Waals surface area contributed by atoms with Gasteiger partial charge in [0.15, 0.2) is 0 Å². The Kier molecular flexibility index (Phi) is 11.3. The summed E-state index contributed by atoms with van der Waals surface area (Å²) in [5.74, 6) is 1.79. The second-order valence-electron chi connectivity index (χ2n) is 5.18. The number of morpholine rings is 1. The number of nitrogens with zero attached hydrogens (tertiary/aromatic N) is 2. The van der Waals surface area contributed by atoms with E-state index in [1.165, 1.54) is 0 Å². The summed E-state index contributed by atoms with van der Waals surface area (Å²) in [6.45, 7) is 7.53. The van der Waals surface area contributed by atoms with Crippen LogP contribution in [0.3, 0.4) is 0 Å². The van der Waals surface area contributed by atoms with Crippen LogP contribution < -0.4 is 19.8 Å². The quantitative estimate of drug-likeness (QED) is 0.403. The number of hydrogen-bond acceptors (Lipinski definition) is 9. The van der Waals surface area contributed by atoms with E-state index in [4.69, 9.17) is 42.5 Å². The first-order valence-corrected chi connectivity index (χ1v) is 9.14. The average molecular weight is 390 g/mol. The van der Waals surface area contributed by atoms with E-state index in [2.05, 4.69) is 18.7 Å². The highest BCUT2D eigenvalue weighted by atomic mass is 32.3. The Morgan fingerprint density at radius 2 is 1.85 bits per heavy atom. The number of nitrogens with one attached hydrogen (secondary N) is 1. The lowest BCUT2D eigenvalue weighted by molar-refractivity contribution is -0.175. The molecule has 2 rings (SSSR count). The maximum absolute atomic E-state index is 8.52. The second kappa shape index (κ2) is 12.3. The molecule has 1 saturated heterocycles. The molecule has 0 aliphatic carbocycles. The van der Waals surface area contributed by atoms with Crippen molar-refractivity contribution in [2.24, 2.45) is 0 Å². The molecule has 0 radical (unpaired) electrons. The van der Waals surface area contributed by atoms with Crippen LogP contribution in [0.1, 0.15) is 20.3 Å². The van der Waals surface area contributed by atoms with Crippen LogP contribution in [0.25, 0.3) is 0 Å². The molecule has 1 aromatic rings. The monoisotopic (exact) mass is 390 g/mol. The third kappa shape index (κ3) is 10.00.